The Morgan fingerprint density at radius 1 is 0.882 bits per heavy atom. The van der Waals surface area contributed by atoms with Crippen LogP contribution in [0.15, 0.2) is 59.5 Å². The molecule has 0 aliphatic heterocycles. The molecule has 0 atom stereocenters. The third-order valence-corrected chi connectivity index (χ3v) is 5.72. The van der Waals surface area contributed by atoms with Crippen molar-refractivity contribution in [2.75, 3.05) is 0 Å². The summed E-state index contributed by atoms with van der Waals surface area (Å²) in [4.78, 5) is 32.4. The van der Waals surface area contributed by atoms with E-state index >= 15 is 0 Å². The van der Waals surface area contributed by atoms with Crippen molar-refractivity contribution in [2.45, 2.75) is 37.6 Å². The first-order valence-electron chi connectivity index (χ1n) is 9.77. The number of nitro groups is 2. The van der Waals surface area contributed by atoms with E-state index < -0.39 is 15.4 Å². The standard InChI is InChI=1S/C13H12ClN3O3.C9H9BrClNO2/c1-13(2,16-12(18)4-3-5-15-16)9-6-10(14)8-11(7-9)17(19)20;1-9(2,10)6-3-7(11)5-8(4-6)12(13)14/h3-8H,1-2H3;3-5H,1-2H3. The lowest BCUT2D eigenvalue weighted by Crippen LogP contribution is -2.38. The number of benzene rings is 2. The van der Waals surface area contributed by atoms with Gasteiger partial charge < -0.3 is 0 Å². The van der Waals surface area contributed by atoms with Gasteiger partial charge in [-0.05, 0) is 57.0 Å². The number of nitrogens with zero attached hydrogens (tertiary/aromatic N) is 4. The summed E-state index contributed by atoms with van der Waals surface area (Å²) in [6.07, 6.45) is 1.49. The molecule has 9 nitrogen and oxygen atoms in total. The quantitative estimate of drug-likeness (QED) is 0.196. The van der Waals surface area contributed by atoms with E-state index in [1.165, 1.54) is 47.3 Å². The van der Waals surface area contributed by atoms with Crippen molar-refractivity contribution in [1.29, 1.82) is 0 Å². The van der Waals surface area contributed by atoms with Crippen LogP contribution in [0.5, 0.6) is 0 Å². The van der Waals surface area contributed by atoms with E-state index in [0.717, 1.165) is 5.56 Å². The molecule has 0 bridgehead atoms. The second kappa shape index (κ2) is 10.6. The average Bonchev–Trinajstić information content (AvgIpc) is 2.72. The van der Waals surface area contributed by atoms with Gasteiger partial charge >= 0.3 is 0 Å². The molecule has 180 valence electrons. The van der Waals surface area contributed by atoms with Crippen molar-refractivity contribution in [3.8, 4) is 0 Å². The van der Waals surface area contributed by atoms with Gasteiger partial charge in [0.15, 0.2) is 0 Å². The molecule has 2 aromatic carbocycles. The fourth-order valence-corrected chi connectivity index (χ4v) is 3.64. The second-order valence-corrected chi connectivity index (χ2v) is 11.1. The predicted octanol–water partition coefficient (Wildman–Crippen LogP) is 6.47. The van der Waals surface area contributed by atoms with Crippen molar-refractivity contribution in [3.05, 3.63) is 106 Å². The summed E-state index contributed by atoms with van der Waals surface area (Å²) in [5, 5.41) is 26.1. The van der Waals surface area contributed by atoms with Crippen LogP contribution in [0.1, 0.15) is 38.8 Å². The molecule has 3 aromatic rings. The molecule has 1 aromatic heterocycles. The molecular formula is C22H21BrCl2N4O5. The van der Waals surface area contributed by atoms with Gasteiger partial charge in [0.2, 0.25) is 0 Å². The molecule has 0 saturated carbocycles. The van der Waals surface area contributed by atoms with Crippen LogP contribution in [-0.4, -0.2) is 19.6 Å². The predicted molar refractivity (Wildman–Crippen MR) is 135 cm³/mol. The fourth-order valence-electron chi connectivity index (χ4n) is 2.96. The zero-order valence-electron chi connectivity index (χ0n) is 18.7. The molecule has 3 rings (SSSR count). The Bertz CT molecular complexity index is 1290. The number of hydrogen-bond acceptors (Lipinski definition) is 6. The number of halogens is 3. The lowest BCUT2D eigenvalue weighted by molar-refractivity contribution is -0.385. The average molecular weight is 572 g/mol. The van der Waals surface area contributed by atoms with Crippen LogP contribution in [0, 0.1) is 20.2 Å². The highest BCUT2D eigenvalue weighted by molar-refractivity contribution is 9.09. The van der Waals surface area contributed by atoms with E-state index in [0.29, 0.717) is 10.6 Å². The fraction of sp³-hybridized carbons (Fsp3) is 0.273. The Labute approximate surface area is 213 Å². The third-order valence-electron chi connectivity index (χ3n) is 4.82. The van der Waals surface area contributed by atoms with Gasteiger partial charge in [0.05, 0.1) is 15.4 Å². The van der Waals surface area contributed by atoms with E-state index in [1.54, 1.807) is 26.0 Å². The molecule has 0 amide bonds. The maximum absolute atomic E-state index is 11.9. The van der Waals surface area contributed by atoms with Crippen molar-refractivity contribution in [1.82, 2.24) is 9.78 Å². The zero-order chi connectivity index (χ0) is 25.8. The van der Waals surface area contributed by atoms with Crippen LogP contribution < -0.4 is 5.56 Å². The lowest BCUT2D eigenvalue weighted by atomic mass is 9.94. The molecule has 0 unspecified atom stereocenters. The first kappa shape index (κ1) is 27.4. The summed E-state index contributed by atoms with van der Waals surface area (Å²) in [5.74, 6) is 0. The van der Waals surface area contributed by atoms with Crippen molar-refractivity contribution >= 4 is 50.5 Å². The zero-order valence-corrected chi connectivity index (χ0v) is 21.8. The van der Waals surface area contributed by atoms with Crippen LogP contribution in [0.25, 0.3) is 0 Å². The van der Waals surface area contributed by atoms with E-state index in [9.17, 15) is 25.0 Å². The number of aromatic nitrogens is 2. The van der Waals surface area contributed by atoms with E-state index in [4.69, 9.17) is 23.2 Å². The van der Waals surface area contributed by atoms with Crippen LogP contribution >= 0.6 is 39.1 Å². The summed E-state index contributed by atoms with van der Waals surface area (Å²) in [6, 6.07) is 11.7. The summed E-state index contributed by atoms with van der Waals surface area (Å²) < 4.78 is 0.949. The monoisotopic (exact) mass is 570 g/mol. The normalized spacial score (nSPS) is 11.4. The second-order valence-electron chi connectivity index (χ2n) is 8.22. The molecule has 0 N–H and O–H groups in total. The summed E-state index contributed by atoms with van der Waals surface area (Å²) in [6.45, 7) is 7.30. The van der Waals surface area contributed by atoms with Crippen LogP contribution in [0.4, 0.5) is 11.4 Å². The molecule has 0 spiro atoms. The minimum absolute atomic E-state index is 0.0139. The van der Waals surface area contributed by atoms with Crippen LogP contribution in [0.2, 0.25) is 10.0 Å². The van der Waals surface area contributed by atoms with Crippen molar-refractivity contribution in [3.63, 3.8) is 0 Å². The number of alkyl halides is 1. The van der Waals surface area contributed by atoms with Crippen molar-refractivity contribution < 1.29 is 9.85 Å². The lowest BCUT2D eigenvalue weighted by Gasteiger charge is -2.26. The van der Waals surface area contributed by atoms with Gasteiger partial charge in [-0.25, -0.2) is 4.68 Å². The highest BCUT2D eigenvalue weighted by Gasteiger charge is 2.27. The molecule has 0 saturated heterocycles. The Morgan fingerprint density at radius 2 is 1.35 bits per heavy atom. The first-order valence-corrected chi connectivity index (χ1v) is 11.3. The summed E-state index contributed by atoms with van der Waals surface area (Å²) in [7, 11) is 0. The maximum Gasteiger partial charge on any atom is 0.271 e. The summed E-state index contributed by atoms with van der Waals surface area (Å²) >= 11 is 15.1. The summed E-state index contributed by atoms with van der Waals surface area (Å²) in [5.41, 5.74) is 0.0764. The van der Waals surface area contributed by atoms with Crippen LogP contribution in [0.3, 0.4) is 0 Å². The number of hydrogen-bond donors (Lipinski definition) is 0. The largest absolute Gasteiger partial charge is 0.271 e. The van der Waals surface area contributed by atoms with Gasteiger partial charge in [-0.3, -0.25) is 25.0 Å². The Balaban J connectivity index is 0.000000257. The maximum atomic E-state index is 11.9. The highest BCUT2D eigenvalue weighted by atomic mass is 79.9. The van der Waals surface area contributed by atoms with Gasteiger partial charge in [-0.2, -0.15) is 5.10 Å². The van der Waals surface area contributed by atoms with Gasteiger partial charge in [0.1, 0.15) is 0 Å². The third kappa shape index (κ3) is 6.85. The molecule has 12 heteroatoms. The Hall–Kier alpha value is -2.82. The topological polar surface area (TPSA) is 121 Å². The smallest absolute Gasteiger partial charge is 0.268 e. The minimum Gasteiger partial charge on any atom is -0.268 e. The SMILES string of the molecule is CC(C)(Br)c1cc(Cl)cc([N+](=O)[O-])c1.CC(C)(c1cc(Cl)cc([N+](=O)[O-])c1)n1ncccc1=O. The highest BCUT2D eigenvalue weighted by Crippen LogP contribution is 2.34. The Kier molecular flexibility index (Phi) is 8.57. The first-order chi connectivity index (χ1) is 15.6. The molecule has 34 heavy (non-hydrogen) atoms. The van der Waals surface area contributed by atoms with Crippen LogP contribution in [-0.2, 0) is 9.86 Å². The molecular weight excluding hydrogens is 551 g/mol. The Morgan fingerprint density at radius 3 is 1.79 bits per heavy atom. The van der Waals surface area contributed by atoms with Gasteiger partial charge in [0, 0.05) is 50.9 Å². The van der Waals surface area contributed by atoms with E-state index in [-0.39, 0.29) is 26.3 Å². The molecule has 1 heterocycles. The molecule has 0 aliphatic carbocycles. The van der Waals surface area contributed by atoms with Gasteiger partial charge in [-0.1, -0.05) is 39.1 Å². The minimum atomic E-state index is -0.853. The molecule has 0 fully saturated rings. The van der Waals surface area contributed by atoms with Crippen molar-refractivity contribution in [2.24, 2.45) is 0 Å². The van der Waals surface area contributed by atoms with E-state index in [1.807, 2.05) is 13.8 Å². The number of rotatable bonds is 5. The number of non-ortho nitro benzene ring substituents is 2. The molecule has 0 aliphatic rings. The van der Waals surface area contributed by atoms with E-state index in [2.05, 4.69) is 21.0 Å². The number of nitro benzene ring substituents is 2. The molecule has 0 radical (unpaired) electrons. The van der Waals surface area contributed by atoms with Gasteiger partial charge in [0.25, 0.3) is 16.9 Å². The van der Waals surface area contributed by atoms with Gasteiger partial charge in [-0.15, -0.1) is 0 Å².